The number of aryl methyl sites for hydroxylation is 1. The minimum absolute atomic E-state index is 0.464. The van der Waals surface area contributed by atoms with Crippen molar-refractivity contribution in [1.29, 1.82) is 0 Å². The smallest absolute Gasteiger partial charge is 0.154 e. The molecule has 0 saturated carbocycles. The Morgan fingerprint density at radius 3 is 2.80 bits per heavy atom. The van der Waals surface area contributed by atoms with Crippen molar-refractivity contribution >= 4 is 57.2 Å². The summed E-state index contributed by atoms with van der Waals surface area (Å²) in [6.07, 6.45) is 0. The van der Waals surface area contributed by atoms with E-state index in [4.69, 9.17) is 27.6 Å². The summed E-state index contributed by atoms with van der Waals surface area (Å²) in [4.78, 5) is 3.83. The van der Waals surface area contributed by atoms with Crippen LogP contribution in [0.1, 0.15) is 5.76 Å². The number of hydrogen-bond donors (Lipinski definition) is 0. The number of hydrogen-bond acceptors (Lipinski definition) is 3. The Bertz CT molecular complexity index is 585. The number of thiocarbonyl (C=S) groups is 1. The summed E-state index contributed by atoms with van der Waals surface area (Å²) in [5.41, 5.74) is 1.08. The van der Waals surface area contributed by atoms with Gasteiger partial charge < -0.3 is 4.42 Å². The number of isothiocyanates is 1. The van der Waals surface area contributed by atoms with Crippen molar-refractivity contribution in [3.63, 3.8) is 0 Å². The average Bonchev–Trinajstić information content (AvgIpc) is 2.57. The predicted molar refractivity (Wildman–Crippen MR) is 65.7 cm³/mol. The second kappa shape index (κ2) is 3.95. The third kappa shape index (κ3) is 1.80. The van der Waals surface area contributed by atoms with Gasteiger partial charge in [-0.2, -0.15) is 4.99 Å². The lowest BCUT2D eigenvalue weighted by molar-refractivity contribution is 0.579. The number of rotatable bonds is 1. The number of furan rings is 1. The molecule has 0 spiro atoms. The first-order chi connectivity index (χ1) is 7.13. The molecule has 0 bridgehead atoms. The molecule has 0 saturated heterocycles. The van der Waals surface area contributed by atoms with Gasteiger partial charge in [0, 0.05) is 5.39 Å². The van der Waals surface area contributed by atoms with E-state index in [2.05, 4.69) is 22.4 Å². The van der Waals surface area contributed by atoms with Crippen molar-refractivity contribution in [3.8, 4) is 0 Å². The van der Waals surface area contributed by atoms with E-state index in [1.807, 2.05) is 13.0 Å². The van der Waals surface area contributed by atoms with Gasteiger partial charge in [-0.15, -0.1) is 0 Å². The highest BCUT2D eigenvalue weighted by molar-refractivity contribution is 7.78. The van der Waals surface area contributed by atoms with Crippen LogP contribution in [0.4, 0.5) is 5.69 Å². The fourth-order valence-corrected chi connectivity index (χ4v) is 1.95. The SMILES string of the molecule is Cc1cc2c(Cl)c(N=C=S)cc(Cl)c2o1. The molecular weight excluding hydrogens is 253 g/mol. The Balaban J connectivity index is 2.89. The van der Waals surface area contributed by atoms with E-state index < -0.39 is 0 Å². The topological polar surface area (TPSA) is 25.5 Å². The minimum atomic E-state index is 0.464. The molecule has 2 rings (SSSR count). The van der Waals surface area contributed by atoms with Crippen LogP contribution in [0, 0.1) is 6.92 Å². The third-order valence-corrected chi connectivity index (χ3v) is 2.73. The van der Waals surface area contributed by atoms with E-state index in [1.165, 1.54) is 0 Å². The number of fused-ring (bicyclic) bond motifs is 1. The van der Waals surface area contributed by atoms with Crippen molar-refractivity contribution in [2.45, 2.75) is 6.92 Å². The Labute approximate surface area is 101 Å². The maximum Gasteiger partial charge on any atom is 0.154 e. The number of aliphatic imine (C=N–C) groups is 1. The zero-order chi connectivity index (χ0) is 11.0. The van der Waals surface area contributed by atoms with E-state index in [1.54, 1.807) is 6.07 Å². The highest BCUT2D eigenvalue weighted by atomic mass is 35.5. The van der Waals surface area contributed by atoms with Gasteiger partial charge in [-0.1, -0.05) is 23.2 Å². The first kappa shape index (κ1) is 10.7. The summed E-state index contributed by atoms with van der Waals surface area (Å²) in [5.74, 6) is 0.747. The standard InChI is InChI=1S/C10H5Cl2NOS/c1-5-2-6-9(12)8(13-4-15)3-7(11)10(6)14-5/h2-3H,1H3. The highest BCUT2D eigenvalue weighted by Gasteiger charge is 2.12. The van der Waals surface area contributed by atoms with Gasteiger partial charge >= 0.3 is 0 Å². The Hall–Kier alpha value is -0.860. The summed E-state index contributed by atoms with van der Waals surface area (Å²) in [5, 5.41) is 3.94. The molecule has 0 aliphatic heterocycles. The van der Waals surface area contributed by atoms with Crippen LogP contribution in [-0.4, -0.2) is 5.16 Å². The molecule has 2 aromatic rings. The van der Waals surface area contributed by atoms with Crippen LogP contribution in [0.2, 0.25) is 10.0 Å². The lowest BCUT2D eigenvalue weighted by atomic mass is 10.2. The second-order valence-electron chi connectivity index (χ2n) is 2.99. The molecule has 5 heteroatoms. The summed E-state index contributed by atoms with van der Waals surface area (Å²) in [7, 11) is 0. The molecule has 1 heterocycles. The normalized spacial score (nSPS) is 10.3. The summed E-state index contributed by atoms with van der Waals surface area (Å²) in [6, 6.07) is 3.42. The Morgan fingerprint density at radius 1 is 1.40 bits per heavy atom. The summed E-state index contributed by atoms with van der Waals surface area (Å²) >= 11 is 16.6. The fraction of sp³-hybridized carbons (Fsp3) is 0.100. The summed E-state index contributed by atoms with van der Waals surface area (Å²) in [6.45, 7) is 1.83. The molecule has 1 aromatic carbocycles. The van der Waals surface area contributed by atoms with Gasteiger partial charge in [0.25, 0.3) is 0 Å². The maximum absolute atomic E-state index is 6.11. The van der Waals surface area contributed by atoms with E-state index >= 15 is 0 Å². The Kier molecular flexibility index (Phi) is 2.81. The molecule has 0 unspecified atom stereocenters. The van der Waals surface area contributed by atoms with Crippen LogP contribution < -0.4 is 0 Å². The largest absolute Gasteiger partial charge is 0.460 e. The van der Waals surface area contributed by atoms with E-state index in [-0.39, 0.29) is 0 Å². The maximum atomic E-state index is 6.11. The highest BCUT2D eigenvalue weighted by Crippen LogP contribution is 2.39. The first-order valence-electron chi connectivity index (χ1n) is 4.09. The van der Waals surface area contributed by atoms with Crippen LogP contribution >= 0.6 is 35.4 Å². The molecule has 0 radical (unpaired) electrons. The number of halogens is 2. The monoisotopic (exact) mass is 257 g/mol. The van der Waals surface area contributed by atoms with Gasteiger partial charge in [0.15, 0.2) is 5.58 Å². The molecule has 0 N–H and O–H groups in total. The quantitative estimate of drug-likeness (QED) is 0.543. The summed E-state index contributed by atoms with van der Waals surface area (Å²) < 4.78 is 5.41. The van der Waals surface area contributed by atoms with Gasteiger partial charge in [0.05, 0.1) is 20.9 Å². The van der Waals surface area contributed by atoms with Gasteiger partial charge in [-0.3, -0.25) is 0 Å². The molecule has 76 valence electrons. The molecule has 2 nitrogen and oxygen atoms in total. The van der Waals surface area contributed by atoms with Crippen molar-refractivity contribution < 1.29 is 4.42 Å². The van der Waals surface area contributed by atoms with Crippen molar-refractivity contribution in [2.75, 3.05) is 0 Å². The molecule has 0 aliphatic rings. The van der Waals surface area contributed by atoms with Gasteiger partial charge in [0.1, 0.15) is 5.76 Å². The third-order valence-electron chi connectivity index (χ3n) is 1.96. The average molecular weight is 258 g/mol. The molecule has 0 atom stereocenters. The predicted octanol–water partition coefficient (Wildman–Crippen LogP) is 4.78. The molecule has 15 heavy (non-hydrogen) atoms. The zero-order valence-electron chi connectivity index (χ0n) is 7.67. The van der Waals surface area contributed by atoms with Gasteiger partial charge in [-0.25, -0.2) is 0 Å². The van der Waals surface area contributed by atoms with Crippen molar-refractivity contribution in [2.24, 2.45) is 4.99 Å². The first-order valence-corrected chi connectivity index (χ1v) is 5.26. The van der Waals surface area contributed by atoms with Crippen LogP contribution in [0.5, 0.6) is 0 Å². The number of benzene rings is 1. The van der Waals surface area contributed by atoms with E-state index in [0.717, 1.165) is 11.1 Å². The lowest BCUT2D eigenvalue weighted by Crippen LogP contribution is -1.72. The van der Waals surface area contributed by atoms with E-state index in [0.29, 0.717) is 21.3 Å². The van der Waals surface area contributed by atoms with Crippen molar-refractivity contribution in [3.05, 3.63) is 27.9 Å². The molecule has 0 fully saturated rings. The fourth-order valence-electron chi connectivity index (χ4n) is 1.37. The molecule has 0 amide bonds. The van der Waals surface area contributed by atoms with Crippen LogP contribution in [-0.2, 0) is 0 Å². The Morgan fingerprint density at radius 2 is 2.13 bits per heavy atom. The number of nitrogens with zero attached hydrogens (tertiary/aromatic N) is 1. The van der Waals surface area contributed by atoms with Gasteiger partial charge in [0.2, 0.25) is 0 Å². The van der Waals surface area contributed by atoms with Crippen LogP contribution in [0.15, 0.2) is 21.5 Å². The van der Waals surface area contributed by atoms with Crippen molar-refractivity contribution in [1.82, 2.24) is 0 Å². The molecule has 1 aromatic heterocycles. The van der Waals surface area contributed by atoms with E-state index in [9.17, 15) is 0 Å². The second-order valence-corrected chi connectivity index (χ2v) is 3.96. The zero-order valence-corrected chi connectivity index (χ0v) is 10.0. The van der Waals surface area contributed by atoms with Gasteiger partial charge in [-0.05, 0) is 31.3 Å². The van der Waals surface area contributed by atoms with Crippen LogP contribution in [0.25, 0.3) is 11.0 Å². The lowest BCUT2D eigenvalue weighted by Gasteiger charge is -1.99. The molecule has 0 aliphatic carbocycles. The molecular formula is C10H5Cl2NOS. The van der Waals surface area contributed by atoms with Crippen LogP contribution in [0.3, 0.4) is 0 Å². The minimum Gasteiger partial charge on any atom is -0.460 e.